The van der Waals surface area contributed by atoms with E-state index in [0.717, 1.165) is 11.1 Å². The van der Waals surface area contributed by atoms with Crippen molar-refractivity contribution >= 4 is 29.1 Å². The summed E-state index contributed by atoms with van der Waals surface area (Å²) >= 11 is 0. The second kappa shape index (κ2) is 10.9. The topological polar surface area (TPSA) is 93.1 Å². The number of hydrogen-bond acceptors (Lipinski definition) is 6. The predicted molar refractivity (Wildman–Crippen MR) is 145 cm³/mol. The first kappa shape index (κ1) is 26.7. The van der Waals surface area contributed by atoms with E-state index in [0.29, 0.717) is 28.1 Å². The van der Waals surface area contributed by atoms with E-state index in [4.69, 9.17) is 9.47 Å². The number of aliphatic hydroxyl groups is 1. The van der Waals surface area contributed by atoms with Gasteiger partial charge in [0.1, 0.15) is 11.5 Å². The standard InChI is InChI=1S/C31H31NO6/c1-18(2)24-17-22(11-14-25(24)37-4)29(34)27-28(21-8-6-7-19(3)15-21)32(31(36)30(27)35)23-12-9-20(10-13-23)16-26(33)38-5/h6-15,17-18,28,34H,16H2,1-5H3/b29-27-. The lowest BCUT2D eigenvalue weighted by atomic mass is 9.92. The molecule has 3 aromatic rings. The number of hydrogen-bond donors (Lipinski definition) is 1. The van der Waals surface area contributed by atoms with Crippen molar-refractivity contribution in [2.24, 2.45) is 0 Å². The van der Waals surface area contributed by atoms with Gasteiger partial charge in [0.2, 0.25) is 0 Å². The number of ether oxygens (including phenoxy) is 2. The molecule has 0 spiro atoms. The molecule has 1 amide bonds. The van der Waals surface area contributed by atoms with Crippen molar-refractivity contribution in [1.82, 2.24) is 0 Å². The molecule has 1 N–H and O–H groups in total. The van der Waals surface area contributed by atoms with Gasteiger partial charge in [-0.25, -0.2) is 0 Å². The lowest BCUT2D eigenvalue weighted by Crippen LogP contribution is -2.29. The molecule has 1 heterocycles. The molecule has 0 aliphatic carbocycles. The number of Topliss-reactive ketones (excluding diaryl/α,β-unsaturated/α-hetero) is 1. The minimum atomic E-state index is -0.842. The van der Waals surface area contributed by atoms with Gasteiger partial charge in [-0.2, -0.15) is 0 Å². The molecule has 1 aliphatic rings. The number of carbonyl (C=O) groups excluding carboxylic acids is 3. The molecule has 1 unspecified atom stereocenters. The highest BCUT2D eigenvalue weighted by molar-refractivity contribution is 6.51. The summed E-state index contributed by atoms with van der Waals surface area (Å²) in [5.74, 6) is -1.34. The Morgan fingerprint density at radius 1 is 1.00 bits per heavy atom. The van der Waals surface area contributed by atoms with Crippen LogP contribution in [0.5, 0.6) is 5.75 Å². The SMILES string of the molecule is COC(=O)Cc1ccc(N2C(=O)C(=O)/C(=C(\O)c3ccc(OC)c(C(C)C)c3)C2c2cccc(C)c2)cc1. The highest BCUT2D eigenvalue weighted by Crippen LogP contribution is 2.43. The third-order valence-electron chi connectivity index (χ3n) is 6.72. The van der Waals surface area contributed by atoms with E-state index in [2.05, 4.69) is 0 Å². The van der Waals surface area contributed by atoms with Crippen LogP contribution in [0, 0.1) is 6.92 Å². The Balaban J connectivity index is 1.87. The zero-order valence-electron chi connectivity index (χ0n) is 22.1. The highest BCUT2D eigenvalue weighted by Gasteiger charge is 2.47. The number of nitrogens with zero attached hydrogens (tertiary/aromatic N) is 1. The molecule has 7 heteroatoms. The van der Waals surface area contributed by atoms with E-state index in [9.17, 15) is 19.5 Å². The number of aliphatic hydroxyl groups excluding tert-OH is 1. The maximum absolute atomic E-state index is 13.5. The van der Waals surface area contributed by atoms with Gasteiger partial charge in [-0.1, -0.05) is 55.8 Å². The van der Waals surface area contributed by atoms with Gasteiger partial charge in [-0.15, -0.1) is 0 Å². The molecule has 38 heavy (non-hydrogen) atoms. The molecule has 0 bridgehead atoms. The van der Waals surface area contributed by atoms with Crippen molar-refractivity contribution in [3.05, 3.63) is 100 Å². The van der Waals surface area contributed by atoms with Gasteiger partial charge in [0.25, 0.3) is 11.7 Å². The number of methoxy groups -OCH3 is 2. The predicted octanol–water partition coefficient (Wildman–Crippen LogP) is 5.47. The molecule has 7 nitrogen and oxygen atoms in total. The largest absolute Gasteiger partial charge is 0.507 e. The van der Waals surface area contributed by atoms with E-state index in [1.165, 1.54) is 12.0 Å². The Morgan fingerprint density at radius 3 is 2.32 bits per heavy atom. The van der Waals surface area contributed by atoms with Crippen molar-refractivity contribution in [3.63, 3.8) is 0 Å². The first-order chi connectivity index (χ1) is 18.2. The van der Waals surface area contributed by atoms with Crippen LogP contribution < -0.4 is 9.64 Å². The van der Waals surface area contributed by atoms with Gasteiger partial charge >= 0.3 is 5.97 Å². The highest BCUT2D eigenvalue weighted by atomic mass is 16.5. The molecule has 1 saturated heterocycles. The molecule has 0 aromatic heterocycles. The zero-order valence-corrected chi connectivity index (χ0v) is 22.1. The van der Waals surface area contributed by atoms with E-state index >= 15 is 0 Å². The van der Waals surface area contributed by atoms with Crippen LogP contribution in [0.2, 0.25) is 0 Å². The van der Waals surface area contributed by atoms with E-state index in [-0.39, 0.29) is 29.6 Å². The van der Waals surface area contributed by atoms with Gasteiger partial charge < -0.3 is 14.6 Å². The Labute approximate surface area is 222 Å². The third-order valence-corrected chi connectivity index (χ3v) is 6.72. The van der Waals surface area contributed by atoms with Gasteiger partial charge in [0, 0.05) is 11.3 Å². The van der Waals surface area contributed by atoms with Crippen LogP contribution in [0.3, 0.4) is 0 Å². The first-order valence-electron chi connectivity index (χ1n) is 12.4. The van der Waals surface area contributed by atoms with Crippen LogP contribution in [0.1, 0.15) is 53.6 Å². The van der Waals surface area contributed by atoms with Gasteiger partial charge in [0.15, 0.2) is 0 Å². The fraction of sp³-hybridized carbons (Fsp3) is 0.258. The van der Waals surface area contributed by atoms with Crippen LogP contribution in [-0.2, 0) is 25.5 Å². The Morgan fingerprint density at radius 2 is 1.71 bits per heavy atom. The second-order valence-electron chi connectivity index (χ2n) is 9.61. The molecular weight excluding hydrogens is 482 g/mol. The summed E-state index contributed by atoms with van der Waals surface area (Å²) in [6.07, 6.45) is 0.0898. The molecule has 1 aliphatic heterocycles. The van der Waals surface area contributed by atoms with E-state index in [1.54, 1.807) is 49.6 Å². The quantitative estimate of drug-likeness (QED) is 0.195. The average molecular weight is 514 g/mol. The number of benzene rings is 3. The number of esters is 1. The van der Waals surface area contributed by atoms with Crippen molar-refractivity contribution in [2.75, 3.05) is 19.1 Å². The van der Waals surface area contributed by atoms with Crippen molar-refractivity contribution in [2.45, 2.75) is 39.2 Å². The van der Waals surface area contributed by atoms with Crippen LogP contribution in [0.4, 0.5) is 5.69 Å². The molecule has 4 rings (SSSR count). The number of anilines is 1. The van der Waals surface area contributed by atoms with Gasteiger partial charge in [0.05, 0.1) is 32.3 Å². The molecule has 0 saturated carbocycles. The van der Waals surface area contributed by atoms with Gasteiger partial charge in [-0.05, 0) is 59.9 Å². The van der Waals surface area contributed by atoms with Crippen molar-refractivity contribution in [3.8, 4) is 5.75 Å². The summed E-state index contributed by atoms with van der Waals surface area (Å²) in [4.78, 5) is 40.0. The summed E-state index contributed by atoms with van der Waals surface area (Å²) in [6, 6.07) is 18.7. The number of aryl methyl sites for hydroxylation is 1. The fourth-order valence-corrected chi connectivity index (χ4v) is 4.76. The van der Waals surface area contributed by atoms with Crippen LogP contribution in [0.15, 0.2) is 72.3 Å². The number of carbonyl (C=O) groups is 3. The number of ketones is 1. The van der Waals surface area contributed by atoms with Crippen molar-refractivity contribution in [1.29, 1.82) is 0 Å². The normalized spacial score (nSPS) is 16.7. The smallest absolute Gasteiger partial charge is 0.309 e. The Bertz CT molecular complexity index is 1420. The molecule has 1 fully saturated rings. The van der Waals surface area contributed by atoms with E-state index < -0.39 is 17.7 Å². The molecule has 196 valence electrons. The molecule has 3 aromatic carbocycles. The van der Waals surface area contributed by atoms with Crippen LogP contribution >= 0.6 is 0 Å². The zero-order chi connectivity index (χ0) is 27.6. The van der Waals surface area contributed by atoms with Crippen LogP contribution in [0.25, 0.3) is 5.76 Å². The summed E-state index contributed by atoms with van der Waals surface area (Å²) < 4.78 is 10.2. The second-order valence-corrected chi connectivity index (χ2v) is 9.61. The minimum absolute atomic E-state index is 0.0131. The third kappa shape index (κ3) is 5.05. The maximum Gasteiger partial charge on any atom is 0.309 e. The van der Waals surface area contributed by atoms with Crippen molar-refractivity contribution < 1.29 is 29.0 Å². The molecule has 0 radical (unpaired) electrons. The first-order valence-corrected chi connectivity index (χ1v) is 12.4. The summed E-state index contributed by atoms with van der Waals surface area (Å²) in [6.45, 7) is 5.95. The van der Waals surface area contributed by atoms with Gasteiger partial charge in [-0.3, -0.25) is 19.3 Å². The summed E-state index contributed by atoms with van der Waals surface area (Å²) in [7, 11) is 2.91. The summed E-state index contributed by atoms with van der Waals surface area (Å²) in [5.41, 5.74) is 4.15. The Kier molecular flexibility index (Phi) is 7.67. The minimum Gasteiger partial charge on any atom is -0.507 e. The lowest BCUT2D eigenvalue weighted by molar-refractivity contribution is -0.139. The summed E-state index contributed by atoms with van der Waals surface area (Å²) in [5, 5.41) is 11.5. The number of amides is 1. The molecular formula is C31H31NO6. The lowest BCUT2D eigenvalue weighted by Gasteiger charge is -2.26. The van der Waals surface area contributed by atoms with E-state index in [1.807, 2.05) is 45.0 Å². The maximum atomic E-state index is 13.5. The average Bonchev–Trinajstić information content (AvgIpc) is 3.18. The molecule has 1 atom stereocenters. The van der Waals surface area contributed by atoms with Crippen LogP contribution in [-0.4, -0.2) is 37.0 Å². The Hall–Kier alpha value is -4.39. The number of rotatable bonds is 7. The monoisotopic (exact) mass is 513 g/mol. The fourth-order valence-electron chi connectivity index (χ4n) is 4.76.